The zero-order valence-corrected chi connectivity index (χ0v) is 12.0. The van der Waals surface area contributed by atoms with Gasteiger partial charge in [-0.2, -0.15) is 0 Å². The van der Waals surface area contributed by atoms with Gasteiger partial charge >= 0.3 is 5.97 Å². The number of hydrogen-bond acceptors (Lipinski definition) is 3. The predicted molar refractivity (Wildman–Crippen MR) is 74.6 cm³/mol. The van der Waals surface area contributed by atoms with Crippen LogP contribution in [0.2, 0.25) is 0 Å². The second-order valence-corrected chi connectivity index (χ2v) is 5.76. The molecule has 23 heavy (non-hydrogen) atoms. The molecule has 1 aromatic rings. The van der Waals surface area contributed by atoms with Gasteiger partial charge < -0.3 is 15.3 Å². The van der Waals surface area contributed by atoms with Crippen LogP contribution >= 0.6 is 0 Å². The molecular formula is C15H14F2N2O4. The molecule has 1 aliphatic carbocycles. The fourth-order valence-corrected chi connectivity index (χ4v) is 2.74. The molecule has 2 amide bonds. The van der Waals surface area contributed by atoms with Gasteiger partial charge in [0.2, 0.25) is 11.8 Å². The lowest BCUT2D eigenvalue weighted by Crippen LogP contribution is -2.46. The van der Waals surface area contributed by atoms with E-state index in [1.165, 1.54) is 6.07 Å². The predicted octanol–water partition coefficient (Wildman–Crippen LogP) is 1.05. The highest BCUT2D eigenvalue weighted by atomic mass is 19.1. The summed E-state index contributed by atoms with van der Waals surface area (Å²) in [6, 6.07) is 2.30. The molecule has 1 saturated heterocycles. The second-order valence-electron chi connectivity index (χ2n) is 5.76. The van der Waals surface area contributed by atoms with E-state index >= 15 is 0 Å². The quantitative estimate of drug-likeness (QED) is 0.811. The van der Waals surface area contributed by atoms with Gasteiger partial charge in [0.05, 0.1) is 0 Å². The Kier molecular flexibility index (Phi) is 3.54. The van der Waals surface area contributed by atoms with Gasteiger partial charge in [0, 0.05) is 6.54 Å². The minimum absolute atomic E-state index is 0.0434. The molecule has 1 unspecified atom stereocenters. The van der Waals surface area contributed by atoms with E-state index in [0.717, 1.165) is 17.0 Å². The Hall–Kier alpha value is -2.51. The van der Waals surface area contributed by atoms with E-state index in [1.54, 1.807) is 0 Å². The number of benzene rings is 1. The zero-order chi connectivity index (χ0) is 16.8. The minimum Gasteiger partial charge on any atom is -0.480 e. The third-order valence-corrected chi connectivity index (χ3v) is 4.31. The smallest absolute Gasteiger partial charge is 0.319 e. The molecule has 1 aromatic carbocycles. The Morgan fingerprint density at radius 1 is 1.26 bits per heavy atom. The summed E-state index contributed by atoms with van der Waals surface area (Å²) >= 11 is 0. The number of halogens is 2. The molecule has 0 radical (unpaired) electrons. The van der Waals surface area contributed by atoms with E-state index in [1.807, 2.05) is 0 Å². The number of carboxylic acids is 1. The number of aliphatic carboxylic acids is 1. The summed E-state index contributed by atoms with van der Waals surface area (Å²) in [5.74, 6) is -4.33. The average molecular weight is 324 g/mol. The maximum atomic E-state index is 13.8. The summed E-state index contributed by atoms with van der Waals surface area (Å²) < 4.78 is 27.5. The summed E-state index contributed by atoms with van der Waals surface area (Å²) in [7, 11) is 0. The van der Waals surface area contributed by atoms with Crippen LogP contribution in [0.15, 0.2) is 18.2 Å². The molecule has 8 heteroatoms. The van der Waals surface area contributed by atoms with Crippen molar-refractivity contribution < 1.29 is 28.3 Å². The summed E-state index contributed by atoms with van der Waals surface area (Å²) in [6.45, 7) is 0.0434. The first-order valence-electron chi connectivity index (χ1n) is 7.16. The molecule has 1 saturated carbocycles. The first-order valence-corrected chi connectivity index (χ1v) is 7.16. The van der Waals surface area contributed by atoms with Crippen LogP contribution in [0.3, 0.4) is 0 Å². The molecule has 6 nitrogen and oxygen atoms in total. The highest BCUT2D eigenvalue weighted by molar-refractivity contribution is 6.08. The number of para-hydroxylation sites is 1. The van der Waals surface area contributed by atoms with E-state index in [9.17, 15) is 23.2 Å². The number of anilines is 1. The fourth-order valence-electron chi connectivity index (χ4n) is 2.74. The Morgan fingerprint density at radius 2 is 1.87 bits per heavy atom. The summed E-state index contributed by atoms with van der Waals surface area (Å²) in [5, 5.41) is 11.5. The number of carbonyl (C=O) groups excluding carboxylic acids is 2. The minimum atomic E-state index is -1.46. The third kappa shape index (κ3) is 2.43. The van der Waals surface area contributed by atoms with Gasteiger partial charge in [0.1, 0.15) is 28.8 Å². The van der Waals surface area contributed by atoms with Gasteiger partial charge in [-0.3, -0.25) is 14.4 Å². The zero-order valence-electron chi connectivity index (χ0n) is 12.0. The molecule has 1 heterocycles. The topological polar surface area (TPSA) is 86.7 Å². The van der Waals surface area contributed by atoms with Crippen LogP contribution in [0.4, 0.5) is 14.5 Å². The lowest BCUT2D eigenvalue weighted by molar-refractivity contribution is -0.149. The fraction of sp³-hybridized carbons (Fsp3) is 0.400. The third-order valence-electron chi connectivity index (χ3n) is 4.31. The van der Waals surface area contributed by atoms with Gasteiger partial charge in [-0.25, -0.2) is 8.78 Å². The van der Waals surface area contributed by atoms with Crippen molar-refractivity contribution in [3.63, 3.8) is 0 Å². The highest BCUT2D eigenvalue weighted by Crippen LogP contribution is 2.46. The van der Waals surface area contributed by atoms with E-state index < -0.39 is 46.6 Å². The van der Waals surface area contributed by atoms with E-state index in [-0.39, 0.29) is 25.8 Å². The van der Waals surface area contributed by atoms with Crippen molar-refractivity contribution in [2.75, 3.05) is 11.4 Å². The first kappa shape index (κ1) is 15.4. The maximum absolute atomic E-state index is 13.8. The number of nitrogens with zero attached hydrogens (tertiary/aromatic N) is 1. The molecule has 2 fully saturated rings. The first-order chi connectivity index (χ1) is 10.9. The van der Waals surface area contributed by atoms with Crippen LogP contribution in [-0.2, 0) is 14.4 Å². The van der Waals surface area contributed by atoms with Crippen molar-refractivity contribution in [3.8, 4) is 0 Å². The number of rotatable bonds is 4. The number of carboxylic acid groups (broad SMARTS) is 1. The second kappa shape index (κ2) is 5.29. The van der Waals surface area contributed by atoms with Crippen LogP contribution in [0.5, 0.6) is 0 Å². The molecule has 2 aliphatic rings. The van der Waals surface area contributed by atoms with Crippen LogP contribution in [0.1, 0.15) is 19.3 Å². The van der Waals surface area contributed by atoms with Crippen molar-refractivity contribution in [3.05, 3.63) is 29.8 Å². The van der Waals surface area contributed by atoms with E-state index in [4.69, 9.17) is 5.11 Å². The average Bonchev–Trinajstić information content (AvgIpc) is 3.23. The Balaban J connectivity index is 1.75. The lowest BCUT2D eigenvalue weighted by atomic mass is 10.1. The van der Waals surface area contributed by atoms with Gasteiger partial charge in [0.15, 0.2) is 0 Å². The van der Waals surface area contributed by atoms with Crippen molar-refractivity contribution in [2.24, 2.45) is 5.41 Å². The van der Waals surface area contributed by atoms with Crippen molar-refractivity contribution in [1.29, 1.82) is 0 Å². The monoisotopic (exact) mass is 324 g/mol. The largest absolute Gasteiger partial charge is 0.480 e. The SMILES string of the molecule is O=C1C(NC(=O)C2(C(=O)O)CC2)CCN1c1c(F)cccc1F. The maximum Gasteiger partial charge on any atom is 0.319 e. The van der Waals surface area contributed by atoms with Crippen LogP contribution < -0.4 is 10.2 Å². The van der Waals surface area contributed by atoms with Crippen LogP contribution in [-0.4, -0.2) is 35.5 Å². The Bertz CT molecular complexity index is 682. The van der Waals surface area contributed by atoms with Gasteiger partial charge in [-0.1, -0.05) is 6.07 Å². The van der Waals surface area contributed by atoms with E-state index in [2.05, 4.69) is 5.32 Å². The van der Waals surface area contributed by atoms with Crippen molar-refractivity contribution in [1.82, 2.24) is 5.32 Å². The molecule has 0 bridgehead atoms. The summed E-state index contributed by atoms with van der Waals surface area (Å²) in [5.41, 5.74) is -1.91. The molecule has 122 valence electrons. The Labute approximate surface area is 130 Å². The standard InChI is InChI=1S/C15H14F2N2O4/c16-8-2-1-3-9(17)11(8)19-7-4-10(12(19)20)18-13(21)15(5-6-15)14(22)23/h1-3,10H,4-7H2,(H,18,21)(H,22,23). The summed E-state index contributed by atoms with van der Waals surface area (Å²) in [6.07, 6.45) is 0.607. The molecule has 2 N–H and O–H groups in total. The summed E-state index contributed by atoms with van der Waals surface area (Å²) in [4.78, 5) is 36.4. The van der Waals surface area contributed by atoms with Crippen molar-refractivity contribution in [2.45, 2.75) is 25.3 Å². The Morgan fingerprint density at radius 3 is 2.39 bits per heavy atom. The molecular weight excluding hydrogens is 310 g/mol. The number of carbonyl (C=O) groups is 3. The highest BCUT2D eigenvalue weighted by Gasteiger charge is 2.58. The lowest BCUT2D eigenvalue weighted by Gasteiger charge is -2.19. The number of nitrogens with one attached hydrogen (secondary N) is 1. The van der Waals surface area contributed by atoms with Gasteiger partial charge in [-0.05, 0) is 31.4 Å². The number of amides is 2. The van der Waals surface area contributed by atoms with Crippen LogP contribution in [0, 0.1) is 17.0 Å². The number of hydrogen-bond donors (Lipinski definition) is 2. The molecule has 1 atom stereocenters. The van der Waals surface area contributed by atoms with Gasteiger partial charge in [-0.15, -0.1) is 0 Å². The normalized spacial score (nSPS) is 22.1. The van der Waals surface area contributed by atoms with E-state index in [0.29, 0.717) is 0 Å². The van der Waals surface area contributed by atoms with Crippen LogP contribution in [0.25, 0.3) is 0 Å². The molecule has 3 rings (SSSR count). The van der Waals surface area contributed by atoms with Crippen molar-refractivity contribution >= 4 is 23.5 Å². The molecule has 0 aromatic heterocycles. The molecule has 1 aliphatic heterocycles. The molecule has 0 spiro atoms. The van der Waals surface area contributed by atoms with Gasteiger partial charge in [0.25, 0.3) is 0 Å².